The Kier molecular flexibility index (Phi) is 4.53. The molecule has 2 amide bonds. The lowest BCUT2D eigenvalue weighted by molar-refractivity contribution is -0.122. The SMILES string of the molecule is Cc1ccccc1N1CC(C(=O)Nc2ccc(F)c(Cl)c2)CC1=O. The summed E-state index contributed by atoms with van der Waals surface area (Å²) < 4.78 is 13.2. The lowest BCUT2D eigenvalue weighted by Gasteiger charge is -2.19. The maximum absolute atomic E-state index is 13.2. The smallest absolute Gasteiger partial charge is 0.229 e. The summed E-state index contributed by atoms with van der Waals surface area (Å²) in [6.45, 7) is 2.25. The number of nitrogens with one attached hydrogen (secondary N) is 1. The standard InChI is InChI=1S/C18H16ClFN2O2/c1-11-4-2-3-5-16(11)22-10-12(8-17(22)23)18(24)21-13-6-7-15(20)14(19)9-13/h2-7,9,12H,8,10H2,1H3,(H,21,24). The summed E-state index contributed by atoms with van der Waals surface area (Å²) >= 11 is 5.71. The van der Waals surface area contributed by atoms with Gasteiger partial charge in [-0.15, -0.1) is 0 Å². The van der Waals surface area contributed by atoms with Crippen LogP contribution in [0, 0.1) is 18.7 Å². The summed E-state index contributed by atoms with van der Waals surface area (Å²) in [5.74, 6) is -1.36. The van der Waals surface area contributed by atoms with Crippen molar-refractivity contribution < 1.29 is 14.0 Å². The molecular formula is C18H16ClFN2O2. The number of carbonyl (C=O) groups excluding carboxylic acids is 2. The molecule has 2 aromatic carbocycles. The topological polar surface area (TPSA) is 49.4 Å². The van der Waals surface area contributed by atoms with Crippen LogP contribution in [-0.2, 0) is 9.59 Å². The Labute approximate surface area is 144 Å². The van der Waals surface area contributed by atoms with Crippen LogP contribution in [0.15, 0.2) is 42.5 Å². The molecule has 0 bridgehead atoms. The van der Waals surface area contributed by atoms with Crippen molar-refractivity contribution >= 4 is 34.8 Å². The largest absolute Gasteiger partial charge is 0.326 e. The quantitative estimate of drug-likeness (QED) is 0.919. The van der Waals surface area contributed by atoms with E-state index in [9.17, 15) is 14.0 Å². The van der Waals surface area contributed by atoms with Crippen molar-refractivity contribution in [2.45, 2.75) is 13.3 Å². The van der Waals surface area contributed by atoms with E-state index in [0.717, 1.165) is 11.3 Å². The first-order valence-electron chi connectivity index (χ1n) is 7.57. The van der Waals surface area contributed by atoms with Gasteiger partial charge >= 0.3 is 0 Å². The predicted octanol–water partition coefficient (Wildman–Crippen LogP) is 3.78. The minimum atomic E-state index is -0.545. The number of hydrogen-bond acceptors (Lipinski definition) is 2. The fourth-order valence-electron chi connectivity index (χ4n) is 2.80. The lowest BCUT2D eigenvalue weighted by atomic mass is 10.1. The fraction of sp³-hybridized carbons (Fsp3) is 0.222. The Hall–Kier alpha value is -2.40. The molecule has 0 aliphatic carbocycles. The first-order chi connectivity index (χ1) is 11.5. The molecule has 1 atom stereocenters. The summed E-state index contributed by atoms with van der Waals surface area (Å²) in [7, 11) is 0. The molecule has 24 heavy (non-hydrogen) atoms. The van der Waals surface area contributed by atoms with E-state index in [1.165, 1.54) is 18.2 Å². The van der Waals surface area contributed by atoms with Gasteiger partial charge in [-0.3, -0.25) is 9.59 Å². The van der Waals surface area contributed by atoms with Crippen LogP contribution in [0.3, 0.4) is 0 Å². The maximum Gasteiger partial charge on any atom is 0.229 e. The fourth-order valence-corrected chi connectivity index (χ4v) is 2.98. The number of carbonyl (C=O) groups is 2. The zero-order valence-electron chi connectivity index (χ0n) is 13.1. The van der Waals surface area contributed by atoms with E-state index in [4.69, 9.17) is 11.6 Å². The van der Waals surface area contributed by atoms with Crippen molar-refractivity contribution in [1.82, 2.24) is 0 Å². The van der Waals surface area contributed by atoms with Crippen LogP contribution in [0.4, 0.5) is 15.8 Å². The first-order valence-corrected chi connectivity index (χ1v) is 7.95. The molecule has 4 nitrogen and oxygen atoms in total. The third-order valence-corrected chi connectivity index (χ3v) is 4.38. The summed E-state index contributed by atoms with van der Waals surface area (Å²) in [6.07, 6.45) is 0.148. The van der Waals surface area contributed by atoms with Crippen molar-refractivity contribution in [2.75, 3.05) is 16.8 Å². The van der Waals surface area contributed by atoms with E-state index in [-0.39, 0.29) is 23.3 Å². The molecule has 1 unspecified atom stereocenters. The normalized spacial score (nSPS) is 17.2. The Morgan fingerprint density at radius 2 is 2.04 bits per heavy atom. The molecule has 1 aliphatic rings. The molecule has 0 spiro atoms. The number of rotatable bonds is 3. The lowest BCUT2D eigenvalue weighted by Crippen LogP contribution is -2.28. The van der Waals surface area contributed by atoms with Gasteiger partial charge in [-0.05, 0) is 36.8 Å². The highest BCUT2D eigenvalue weighted by atomic mass is 35.5. The van der Waals surface area contributed by atoms with Crippen LogP contribution in [0.1, 0.15) is 12.0 Å². The molecule has 0 radical (unpaired) electrons. The third-order valence-electron chi connectivity index (χ3n) is 4.09. The van der Waals surface area contributed by atoms with Gasteiger partial charge in [0.05, 0.1) is 10.9 Å². The minimum Gasteiger partial charge on any atom is -0.326 e. The van der Waals surface area contributed by atoms with Gasteiger partial charge in [0, 0.05) is 24.3 Å². The van der Waals surface area contributed by atoms with Crippen LogP contribution in [-0.4, -0.2) is 18.4 Å². The van der Waals surface area contributed by atoms with Crippen LogP contribution in [0.2, 0.25) is 5.02 Å². The molecule has 1 aliphatic heterocycles. The number of amides is 2. The van der Waals surface area contributed by atoms with E-state index < -0.39 is 11.7 Å². The van der Waals surface area contributed by atoms with Gasteiger partial charge in [0.25, 0.3) is 0 Å². The average Bonchev–Trinajstić information content (AvgIpc) is 2.93. The highest BCUT2D eigenvalue weighted by Gasteiger charge is 2.35. The molecule has 2 aromatic rings. The van der Waals surface area contributed by atoms with E-state index in [1.54, 1.807) is 4.90 Å². The van der Waals surface area contributed by atoms with Gasteiger partial charge in [-0.2, -0.15) is 0 Å². The zero-order chi connectivity index (χ0) is 17.3. The van der Waals surface area contributed by atoms with Crippen LogP contribution in [0.5, 0.6) is 0 Å². The van der Waals surface area contributed by atoms with Crippen LogP contribution < -0.4 is 10.2 Å². The van der Waals surface area contributed by atoms with E-state index in [1.807, 2.05) is 31.2 Å². The monoisotopic (exact) mass is 346 g/mol. The number of aryl methyl sites for hydroxylation is 1. The summed E-state index contributed by atoms with van der Waals surface area (Å²) in [5, 5.41) is 2.63. The van der Waals surface area contributed by atoms with Crippen molar-refractivity contribution in [2.24, 2.45) is 5.92 Å². The molecule has 1 heterocycles. The van der Waals surface area contributed by atoms with Gasteiger partial charge in [0.1, 0.15) is 5.82 Å². The number of halogens is 2. The molecular weight excluding hydrogens is 331 g/mol. The molecule has 1 N–H and O–H groups in total. The Bertz CT molecular complexity index is 809. The number of hydrogen-bond donors (Lipinski definition) is 1. The molecule has 6 heteroatoms. The van der Waals surface area contributed by atoms with Crippen molar-refractivity contribution in [3.63, 3.8) is 0 Å². The van der Waals surface area contributed by atoms with Crippen molar-refractivity contribution in [3.05, 3.63) is 58.9 Å². The number of anilines is 2. The highest BCUT2D eigenvalue weighted by molar-refractivity contribution is 6.31. The second-order valence-corrected chi connectivity index (χ2v) is 6.22. The predicted molar refractivity (Wildman–Crippen MR) is 91.7 cm³/mol. The van der Waals surface area contributed by atoms with Gasteiger partial charge in [0.2, 0.25) is 11.8 Å². The molecule has 0 aromatic heterocycles. The van der Waals surface area contributed by atoms with E-state index in [0.29, 0.717) is 12.2 Å². The Morgan fingerprint density at radius 3 is 2.75 bits per heavy atom. The third kappa shape index (κ3) is 3.26. The first kappa shape index (κ1) is 16.5. The maximum atomic E-state index is 13.2. The number of benzene rings is 2. The molecule has 0 saturated carbocycles. The van der Waals surface area contributed by atoms with Gasteiger partial charge < -0.3 is 10.2 Å². The second kappa shape index (κ2) is 6.61. The van der Waals surface area contributed by atoms with Gasteiger partial charge in [-0.1, -0.05) is 29.8 Å². The second-order valence-electron chi connectivity index (χ2n) is 5.81. The number of nitrogens with zero attached hydrogens (tertiary/aromatic N) is 1. The van der Waals surface area contributed by atoms with E-state index in [2.05, 4.69) is 5.32 Å². The summed E-state index contributed by atoms with van der Waals surface area (Å²) in [5.41, 5.74) is 2.22. The molecule has 124 valence electrons. The minimum absolute atomic E-state index is 0.0585. The Balaban J connectivity index is 1.72. The van der Waals surface area contributed by atoms with Crippen molar-refractivity contribution in [1.29, 1.82) is 0 Å². The number of para-hydroxylation sites is 1. The molecule has 1 saturated heterocycles. The zero-order valence-corrected chi connectivity index (χ0v) is 13.8. The van der Waals surface area contributed by atoms with Crippen LogP contribution in [0.25, 0.3) is 0 Å². The van der Waals surface area contributed by atoms with Crippen LogP contribution >= 0.6 is 11.6 Å². The summed E-state index contributed by atoms with van der Waals surface area (Å²) in [4.78, 5) is 26.3. The van der Waals surface area contributed by atoms with Gasteiger partial charge in [0.15, 0.2) is 0 Å². The van der Waals surface area contributed by atoms with Crippen molar-refractivity contribution in [3.8, 4) is 0 Å². The van der Waals surface area contributed by atoms with Gasteiger partial charge in [-0.25, -0.2) is 4.39 Å². The molecule has 1 fully saturated rings. The highest BCUT2D eigenvalue weighted by Crippen LogP contribution is 2.28. The average molecular weight is 347 g/mol. The summed E-state index contributed by atoms with van der Waals surface area (Å²) in [6, 6.07) is 11.5. The van der Waals surface area contributed by atoms with E-state index >= 15 is 0 Å². The molecule has 3 rings (SSSR count). The Morgan fingerprint density at radius 1 is 1.29 bits per heavy atom.